The molecular weight excluding hydrogens is 450 g/mol. The first-order valence-electron chi connectivity index (χ1n) is 13.1. The number of ether oxygens (including phenoxy) is 1. The summed E-state index contributed by atoms with van der Waals surface area (Å²) in [6, 6.07) is 15.0. The number of aromatic nitrogens is 1. The predicted molar refractivity (Wildman–Crippen MR) is 147 cm³/mol. The number of rotatable bonds is 10. The van der Waals surface area contributed by atoms with Crippen LogP contribution < -0.4 is 21.7 Å². The monoisotopic (exact) mass is 487 g/mol. The van der Waals surface area contributed by atoms with Crippen LogP contribution in [-0.2, 0) is 11.2 Å². The molecule has 2 fully saturated rings. The number of nitrogen functional groups attached to an aromatic ring is 1. The van der Waals surface area contributed by atoms with Gasteiger partial charge in [-0.15, -0.1) is 0 Å². The third-order valence-electron chi connectivity index (χ3n) is 7.46. The van der Waals surface area contributed by atoms with E-state index < -0.39 is 6.09 Å². The van der Waals surface area contributed by atoms with Gasteiger partial charge in [0.15, 0.2) is 0 Å². The Morgan fingerprint density at radius 2 is 1.92 bits per heavy atom. The van der Waals surface area contributed by atoms with E-state index in [1.807, 2.05) is 50.6 Å². The highest BCUT2D eigenvalue weighted by Gasteiger charge is 2.31. The van der Waals surface area contributed by atoms with Crippen molar-refractivity contribution in [1.82, 2.24) is 15.2 Å². The van der Waals surface area contributed by atoms with Gasteiger partial charge in [-0.05, 0) is 75.1 Å². The maximum Gasteiger partial charge on any atom is 0.411 e. The van der Waals surface area contributed by atoms with Gasteiger partial charge in [0, 0.05) is 48.7 Å². The second-order valence-electron chi connectivity index (χ2n) is 10.0. The normalized spacial score (nSPS) is 16.6. The highest BCUT2D eigenvalue weighted by atomic mass is 16.6. The Bertz CT molecular complexity index is 1240. The Morgan fingerprint density at radius 1 is 1.14 bits per heavy atom. The van der Waals surface area contributed by atoms with Gasteiger partial charge in [-0.3, -0.25) is 5.32 Å². The van der Waals surface area contributed by atoms with Crippen LogP contribution >= 0.6 is 0 Å². The summed E-state index contributed by atoms with van der Waals surface area (Å²) in [6.45, 7) is 2.83. The number of hydrogen-bond donors (Lipinski definition) is 4. The lowest BCUT2D eigenvalue weighted by atomic mass is 9.92. The first kappa shape index (κ1) is 24.1. The van der Waals surface area contributed by atoms with Crippen molar-refractivity contribution in [3.05, 3.63) is 60.4 Å². The molecular formula is C29H37N5O2. The van der Waals surface area contributed by atoms with Crippen LogP contribution in [0.25, 0.3) is 22.2 Å². The fourth-order valence-electron chi connectivity index (χ4n) is 4.99. The Balaban J connectivity index is 1.38. The summed E-state index contributed by atoms with van der Waals surface area (Å²) in [4.78, 5) is 12.3. The number of nitrogens with two attached hydrogens (primary N) is 1. The quantitative estimate of drug-likeness (QED) is 0.272. The number of amides is 1. The van der Waals surface area contributed by atoms with Crippen molar-refractivity contribution in [3.8, 4) is 11.3 Å². The van der Waals surface area contributed by atoms with Crippen LogP contribution in [-0.4, -0.2) is 30.4 Å². The van der Waals surface area contributed by atoms with Crippen molar-refractivity contribution in [2.45, 2.75) is 57.6 Å². The summed E-state index contributed by atoms with van der Waals surface area (Å²) in [6.07, 6.45) is 10.2. The Kier molecular flexibility index (Phi) is 7.07. The number of benzene rings is 2. The molecule has 1 amide bonds. The van der Waals surface area contributed by atoms with Gasteiger partial charge in [0.2, 0.25) is 0 Å². The molecule has 0 spiro atoms. The van der Waals surface area contributed by atoms with E-state index in [4.69, 9.17) is 10.5 Å². The van der Waals surface area contributed by atoms with E-state index in [0.29, 0.717) is 12.0 Å². The summed E-state index contributed by atoms with van der Waals surface area (Å²) in [5.74, 6) is 0.515. The molecule has 7 heteroatoms. The molecule has 5 rings (SSSR count). The Morgan fingerprint density at radius 3 is 2.58 bits per heavy atom. The van der Waals surface area contributed by atoms with Gasteiger partial charge in [0.1, 0.15) is 6.10 Å². The second-order valence-corrected chi connectivity index (χ2v) is 10.0. The lowest BCUT2D eigenvalue weighted by molar-refractivity contribution is 0.108. The van der Waals surface area contributed by atoms with Gasteiger partial charge in [-0.2, -0.15) is 0 Å². The summed E-state index contributed by atoms with van der Waals surface area (Å²) in [5.41, 5.74) is 12.9. The number of hydrogen-bond acceptors (Lipinski definition) is 5. The zero-order chi connectivity index (χ0) is 25.1. The van der Waals surface area contributed by atoms with E-state index in [9.17, 15) is 4.79 Å². The van der Waals surface area contributed by atoms with Crippen molar-refractivity contribution in [1.29, 1.82) is 0 Å². The molecule has 2 aliphatic carbocycles. The topological polar surface area (TPSA) is 93.3 Å². The zero-order valence-corrected chi connectivity index (χ0v) is 21.2. The van der Waals surface area contributed by atoms with Crippen molar-refractivity contribution < 1.29 is 9.53 Å². The van der Waals surface area contributed by atoms with E-state index in [-0.39, 0.29) is 6.10 Å². The summed E-state index contributed by atoms with van der Waals surface area (Å²) < 4.78 is 7.94. The van der Waals surface area contributed by atoms with E-state index in [0.717, 1.165) is 53.8 Å². The van der Waals surface area contributed by atoms with E-state index in [2.05, 4.69) is 38.7 Å². The highest BCUT2D eigenvalue weighted by Crippen LogP contribution is 2.44. The van der Waals surface area contributed by atoms with Gasteiger partial charge in [-0.1, -0.05) is 24.3 Å². The highest BCUT2D eigenvalue weighted by molar-refractivity contribution is 6.01. The number of anilines is 2. The number of carbonyl (C=O) groups excluding carboxylic acids is 1. The van der Waals surface area contributed by atoms with E-state index in [1.54, 1.807) is 0 Å². The molecule has 2 aromatic carbocycles. The van der Waals surface area contributed by atoms with E-state index >= 15 is 0 Å². The van der Waals surface area contributed by atoms with Crippen LogP contribution in [0.2, 0.25) is 0 Å². The van der Waals surface area contributed by atoms with Gasteiger partial charge in [0.25, 0.3) is 0 Å². The van der Waals surface area contributed by atoms with Gasteiger partial charge < -0.3 is 25.7 Å². The fraction of sp³-hybridized carbons (Fsp3) is 0.414. The molecule has 2 aliphatic rings. The number of fused-ring (bicyclic) bond motifs is 1. The molecule has 190 valence electrons. The van der Waals surface area contributed by atoms with Crippen LogP contribution in [0.4, 0.5) is 16.2 Å². The van der Waals surface area contributed by atoms with Crippen LogP contribution in [0.15, 0.2) is 54.9 Å². The van der Waals surface area contributed by atoms with Gasteiger partial charge in [-0.25, -0.2) is 4.79 Å². The standard InChI is InChI=1S/C29H37N5O2/c1-19(21-7-8-21)36-29(35)33-23-11-9-22(10-12-23)28-27(30)25-13-6-20(14-15-32-17-16-31-2)18-26(25)34(28)24-4-3-5-24/h6,9-13,16-19,21,24,31-32H,3-5,7-8,14-15,30H2,1-2H3,(H,33,35)/b17-16-. The Labute approximate surface area is 213 Å². The molecule has 1 heterocycles. The van der Waals surface area contributed by atoms with Crippen molar-refractivity contribution in [2.75, 3.05) is 24.6 Å². The first-order valence-corrected chi connectivity index (χ1v) is 13.1. The van der Waals surface area contributed by atoms with Crippen LogP contribution in [0.1, 0.15) is 50.6 Å². The maximum atomic E-state index is 12.3. The van der Waals surface area contributed by atoms with Crippen molar-refractivity contribution in [2.24, 2.45) is 5.92 Å². The molecule has 0 radical (unpaired) electrons. The molecule has 0 aliphatic heterocycles. The lowest BCUT2D eigenvalue weighted by Gasteiger charge is -2.30. The minimum absolute atomic E-state index is 0.0345. The second kappa shape index (κ2) is 10.6. The minimum atomic E-state index is -0.395. The average Bonchev–Trinajstić information content (AvgIpc) is 3.65. The third kappa shape index (κ3) is 5.15. The molecule has 36 heavy (non-hydrogen) atoms. The summed E-state index contributed by atoms with van der Waals surface area (Å²) >= 11 is 0. The lowest BCUT2D eigenvalue weighted by Crippen LogP contribution is -2.21. The molecule has 0 saturated heterocycles. The predicted octanol–water partition coefficient (Wildman–Crippen LogP) is 5.79. The van der Waals surface area contributed by atoms with Gasteiger partial charge >= 0.3 is 6.09 Å². The van der Waals surface area contributed by atoms with Crippen molar-refractivity contribution in [3.63, 3.8) is 0 Å². The molecule has 3 aromatic rings. The smallest absolute Gasteiger partial charge is 0.411 e. The Hall–Kier alpha value is -3.61. The molecule has 7 nitrogen and oxygen atoms in total. The number of nitrogens with zero attached hydrogens (tertiary/aromatic N) is 1. The van der Waals surface area contributed by atoms with E-state index in [1.165, 1.54) is 30.3 Å². The largest absolute Gasteiger partial charge is 0.446 e. The first-order chi connectivity index (χ1) is 17.5. The molecule has 1 unspecified atom stereocenters. The summed E-state index contributed by atoms with van der Waals surface area (Å²) in [7, 11) is 1.89. The minimum Gasteiger partial charge on any atom is -0.446 e. The van der Waals surface area contributed by atoms with Crippen LogP contribution in [0, 0.1) is 5.92 Å². The fourth-order valence-corrected chi connectivity index (χ4v) is 4.99. The molecule has 1 atom stereocenters. The molecule has 2 saturated carbocycles. The SMILES string of the molecule is CN/C=C\NCCc1ccc2c(N)c(-c3ccc(NC(=O)OC(C)C4CC4)cc3)n(C3CCC3)c2c1. The third-order valence-corrected chi connectivity index (χ3v) is 7.46. The zero-order valence-electron chi connectivity index (χ0n) is 21.2. The van der Waals surface area contributed by atoms with Gasteiger partial charge in [0.05, 0.1) is 16.9 Å². The number of carbonyl (C=O) groups is 1. The van der Waals surface area contributed by atoms with Crippen LogP contribution in [0.5, 0.6) is 0 Å². The maximum absolute atomic E-state index is 12.3. The molecule has 1 aromatic heterocycles. The molecule has 0 bridgehead atoms. The summed E-state index contributed by atoms with van der Waals surface area (Å²) in [5, 5.41) is 10.3. The molecule has 5 N–H and O–H groups in total. The van der Waals surface area contributed by atoms with Crippen molar-refractivity contribution >= 4 is 28.4 Å². The van der Waals surface area contributed by atoms with Crippen LogP contribution in [0.3, 0.4) is 0 Å². The number of nitrogens with one attached hydrogen (secondary N) is 3. The average molecular weight is 488 g/mol.